The summed E-state index contributed by atoms with van der Waals surface area (Å²) < 4.78 is 4.91. The van der Waals surface area contributed by atoms with Gasteiger partial charge in [-0.1, -0.05) is 12.2 Å². The van der Waals surface area contributed by atoms with Crippen molar-refractivity contribution >= 4 is 5.91 Å². The van der Waals surface area contributed by atoms with Crippen LogP contribution < -0.4 is 5.32 Å². The molecule has 4 heteroatoms. The van der Waals surface area contributed by atoms with Gasteiger partial charge in [-0.05, 0) is 13.0 Å². The van der Waals surface area contributed by atoms with Crippen molar-refractivity contribution in [2.75, 3.05) is 39.9 Å². The lowest BCUT2D eigenvalue weighted by molar-refractivity contribution is -0.129. The van der Waals surface area contributed by atoms with Crippen molar-refractivity contribution in [1.82, 2.24) is 10.2 Å². The second kappa shape index (κ2) is 10.4. The Morgan fingerprint density at radius 1 is 1.38 bits per heavy atom. The number of methoxy groups -OCH3 is 1. The van der Waals surface area contributed by atoms with Crippen LogP contribution in [0.1, 0.15) is 6.42 Å². The number of carbonyl (C=O) groups is 1. The second-order valence-electron chi connectivity index (χ2n) is 3.40. The van der Waals surface area contributed by atoms with Gasteiger partial charge in [0.1, 0.15) is 0 Å². The van der Waals surface area contributed by atoms with Crippen LogP contribution in [0.4, 0.5) is 0 Å². The molecule has 4 nitrogen and oxygen atoms in total. The predicted molar refractivity (Wildman–Crippen MR) is 66.3 cm³/mol. The summed E-state index contributed by atoms with van der Waals surface area (Å²) in [7, 11) is 1.67. The van der Waals surface area contributed by atoms with Crippen molar-refractivity contribution in [1.29, 1.82) is 0 Å². The highest BCUT2D eigenvalue weighted by atomic mass is 16.5. The number of ether oxygens (including phenoxy) is 1. The zero-order valence-corrected chi connectivity index (χ0v) is 10.1. The molecule has 0 spiro atoms. The molecule has 1 N–H and O–H groups in total. The Bertz CT molecular complexity index is 207. The Balaban J connectivity index is 3.73. The molecular weight excluding hydrogens is 204 g/mol. The highest BCUT2D eigenvalue weighted by Gasteiger charge is 2.08. The van der Waals surface area contributed by atoms with Crippen LogP contribution in [0.5, 0.6) is 0 Å². The van der Waals surface area contributed by atoms with E-state index < -0.39 is 0 Å². The van der Waals surface area contributed by atoms with E-state index in [-0.39, 0.29) is 5.91 Å². The summed E-state index contributed by atoms with van der Waals surface area (Å²) in [6, 6.07) is 0. The minimum atomic E-state index is 0.0669. The molecule has 0 saturated heterocycles. The highest BCUT2D eigenvalue weighted by Crippen LogP contribution is 1.90. The number of hydrogen-bond donors (Lipinski definition) is 1. The van der Waals surface area contributed by atoms with Gasteiger partial charge in [0.25, 0.3) is 0 Å². The van der Waals surface area contributed by atoms with Crippen molar-refractivity contribution in [3.63, 3.8) is 0 Å². The van der Waals surface area contributed by atoms with Crippen LogP contribution in [-0.4, -0.2) is 50.7 Å². The van der Waals surface area contributed by atoms with Crippen LogP contribution in [0.3, 0.4) is 0 Å². The molecule has 0 atom stereocenters. The van der Waals surface area contributed by atoms with E-state index in [4.69, 9.17) is 4.74 Å². The Morgan fingerprint density at radius 3 is 2.50 bits per heavy atom. The number of nitrogens with one attached hydrogen (secondary N) is 1. The zero-order valence-electron chi connectivity index (χ0n) is 10.1. The van der Waals surface area contributed by atoms with E-state index >= 15 is 0 Å². The van der Waals surface area contributed by atoms with Crippen molar-refractivity contribution in [2.45, 2.75) is 6.42 Å². The third-order valence-corrected chi connectivity index (χ3v) is 2.03. The Morgan fingerprint density at radius 2 is 2.00 bits per heavy atom. The van der Waals surface area contributed by atoms with E-state index in [2.05, 4.69) is 18.5 Å². The van der Waals surface area contributed by atoms with Crippen LogP contribution in [0.2, 0.25) is 0 Å². The molecule has 0 aliphatic carbocycles. The van der Waals surface area contributed by atoms with Crippen molar-refractivity contribution in [2.24, 2.45) is 0 Å². The summed E-state index contributed by atoms with van der Waals surface area (Å²) in [6.45, 7) is 10.2. The maximum Gasteiger partial charge on any atom is 0.237 e. The van der Waals surface area contributed by atoms with Gasteiger partial charge in [0.2, 0.25) is 5.91 Å². The first-order chi connectivity index (χ1) is 7.76. The van der Waals surface area contributed by atoms with Crippen LogP contribution in [0, 0.1) is 0 Å². The third-order valence-electron chi connectivity index (χ3n) is 2.03. The van der Waals surface area contributed by atoms with Gasteiger partial charge in [-0.3, -0.25) is 4.79 Å². The molecule has 0 radical (unpaired) electrons. The zero-order chi connectivity index (χ0) is 12.2. The van der Waals surface area contributed by atoms with Gasteiger partial charge in [0.05, 0.1) is 6.54 Å². The fourth-order valence-electron chi connectivity index (χ4n) is 1.24. The second-order valence-corrected chi connectivity index (χ2v) is 3.40. The topological polar surface area (TPSA) is 41.6 Å². The van der Waals surface area contributed by atoms with E-state index in [1.807, 2.05) is 0 Å². The van der Waals surface area contributed by atoms with Crippen LogP contribution in [-0.2, 0) is 9.53 Å². The van der Waals surface area contributed by atoms with E-state index in [1.54, 1.807) is 24.2 Å². The van der Waals surface area contributed by atoms with Gasteiger partial charge >= 0.3 is 0 Å². The maximum absolute atomic E-state index is 11.7. The minimum absolute atomic E-state index is 0.0669. The Labute approximate surface area is 98.0 Å². The van der Waals surface area contributed by atoms with Gasteiger partial charge in [0, 0.05) is 26.8 Å². The summed E-state index contributed by atoms with van der Waals surface area (Å²) in [5.41, 5.74) is 0. The monoisotopic (exact) mass is 226 g/mol. The summed E-state index contributed by atoms with van der Waals surface area (Å²) >= 11 is 0. The van der Waals surface area contributed by atoms with E-state index in [0.717, 1.165) is 13.0 Å². The number of rotatable bonds is 10. The summed E-state index contributed by atoms with van der Waals surface area (Å²) in [4.78, 5) is 13.4. The molecule has 16 heavy (non-hydrogen) atoms. The first-order valence-corrected chi connectivity index (χ1v) is 5.45. The maximum atomic E-state index is 11.7. The summed E-state index contributed by atoms with van der Waals surface area (Å²) in [5, 5.41) is 3.08. The van der Waals surface area contributed by atoms with Crippen LogP contribution in [0.25, 0.3) is 0 Å². The van der Waals surface area contributed by atoms with Crippen molar-refractivity contribution in [3.8, 4) is 0 Å². The number of carbonyl (C=O) groups excluding carboxylic acids is 1. The lowest BCUT2D eigenvalue weighted by Crippen LogP contribution is -2.38. The van der Waals surface area contributed by atoms with Crippen molar-refractivity contribution < 1.29 is 9.53 Å². The molecule has 0 rings (SSSR count). The normalized spacial score (nSPS) is 9.81. The average Bonchev–Trinajstić information content (AvgIpc) is 2.28. The molecule has 0 saturated carbocycles. The Hall–Kier alpha value is -1.13. The van der Waals surface area contributed by atoms with Gasteiger partial charge in [-0.25, -0.2) is 0 Å². The molecule has 0 aliphatic rings. The quantitative estimate of drug-likeness (QED) is 0.443. The first kappa shape index (κ1) is 14.9. The SMILES string of the molecule is C=CCN(CC=C)C(=O)CNCCCOC. The molecule has 0 heterocycles. The van der Waals surface area contributed by atoms with Gasteiger partial charge in [0.15, 0.2) is 0 Å². The molecule has 0 fully saturated rings. The smallest absolute Gasteiger partial charge is 0.237 e. The minimum Gasteiger partial charge on any atom is -0.385 e. The molecule has 0 aromatic rings. The molecule has 0 aromatic heterocycles. The fraction of sp³-hybridized carbons (Fsp3) is 0.583. The highest BCUT2D eigenvalue weighted by molar-refractivity contribution is 5.78. The van der Waals surface area contributed by atoms with Crippen LogP contribution in [0.15, 0.2) is 25.3 Å². The predicted octanol–water partition coefficient (Wildman–Crippen LogP) is 0.813. The molecule has 0 aromatic carbocycles. The van der Waals surface area contributed by atoms with Gasteiger partial charge in [-0.2, -0.15) is 0 Å². The molecule has 92 valence electrons. The first-order valence-electron chi connectivity index (χ1n) is 5.45. The number of amides is 1. The number of hydrogen-bond acceptors (Lipinski definition) is 3. The Kier molecular flexibility index (Phi) is 9.66. The average molecular weight is 226 g/mol. The van der Waals surface area contributed by atoms with Gasteiger partial charge < -0.3 is 15.0 Å². The standard InChI is InChI=1S/C12H22N2O2/c1-4-8-14(9-5-2)12(15)11-13-7-6-10-16-3/h4-5,13H,1-2,6-11H2,3H3. The number of nitrogens with zero attached hydrogens (tertiary/aromatic N) is 1. The van der Waals surface area contributed by atoms with Crippen molar-refractivity contribution in [3.05, 3.63) is 25.3 Å². The molecule has 0 unspecified atom stereocenters. The molecular formula is C12H22N2O2. The van der Waals surface area contributed by atoms with Crippen LogP contribution >= 0.6 is 0 Å². The molecule has 1 amide bonds. The van der Waals surface area contributed by atoms with E-state index in [0.29, 0.717) is 26.2 Å². The van der Waals surface area contributed by atoms with Gasteiger partial charge in [-0.15, -0.1) is 13.2 Å². The summed E-state index contributed by atoms with van der Waals surface area (Å²) in [5.74, 6) is 0.0669. The lowest BCUT2D eigenvalue weighted by Gasteiger charge is -2.19. The fourth-order valence-corrected chi connectivity index (χ4v) is 1.24. The largest absolute Gasteiger partial charge is 0.385 e. The third kappa shape index (κ3) is 7.20. The molecule has 0 bridgehead atoms. The molecule has 0 aliphatic heterocycles. The van der Waals surface area contributed by atoms with E-state index in [9.17, 15) is 4.79 Å². The van der Waals surface area contributed by atoms with E-state index in [1.165, 1.54) is 0 Å². The summed E-state index contributed by atoms with van der Waals surface area (Å²) in [6.07, 6.45) is 4.34. The lowest BCUT2D eigenvalue weighted by atomic mass is 10.4.